The van der Waals surface area contributed by atoms with E-state index in [2.05, 4.69) is 231 Å². The lowest BCUT2D eigenvalue weighted by Crippen LogP contribution is -1.97. The molecule has 0 aliphatic rings. The van der Waals surface area contributed by atoms with Gasteiger partial charge >= 0.3 is 0 Å². The van der Waals surface area contributed by atoms with Gasteiger partial charge in [0.05, 0.1) is 22.8 Å². The standard InChI is InChI=1S/C60H38N4/c1-3-15-47-35-49(33-27-39(47)11-1)59-61-55(37-57(63-59)53-21-9-17-43-13-5-7-19-51(43)53)45-29-23-41(24-30-45)42-25-31-46(32-26-42)56-38-58(54-22-10-18-44-14-6-8-20-52(44)54)64-60(62-56)50-34-28-40-12-2-4-16-48(40)36-50/h1-38H. The largest absolute Gasteiger partial charge is 0.228 e. The van der Waals surface area contributed by atoms with E-state index in [1.165, 1.54) is 21.5 Å². The summed E-state index contributed by atoms with van der Waals surface area (Å²) in [5.41, 5.74) is 11.9. The molecule has 12 aromatic rings. The van der Waals surface area contributed by atoms with Crippen molar-refractivity contribution in [3.05, 3.63) is 231 Å². The zero-order chi connectivity index (χ0) is 42.4. The van der Waals surface area contributed by atoms with Crippen molar-refractivity contribution in [1.82, 2.24) is 19.9 Å². The SMILES string of the molecule is c1ccc2cc(-c3nc(-c4ccc(-c5ccc(-c6cc(-c7cccc8ccccc78)nc(-c7ccc8ccccc8c7)n6)cc5)cc4)cc(-c4cccc5ccccc45)n3)ccc2c1. The van der Waals surface area contributed by atoms with Gasteiger partial charge in [0.15, 0.2) is 11.6 Å². The quantitative estimate of drug-likeness (QED) is 0.161. The van der Waals surface area contributed by atoms with Crippen LogP contribution < -0.4 is 0 Å². The highest BCUT2D eigenvalue weighted by Crippen LogP contribution is 2.36. The number of rotatable bonds is 7. The molecule has 0 fully saturated rings. The minimum Gasteiger partial charge on any atom is -0.228 e. The van der Waals surface area contributed by atoms with Gasteiger partial charge in [-0.25, -0.2) is 19.9 Å². The Morgan fingerprint density at radius 3 is 0.969 bits per heavy atom. The maximum Gasteiger partial charge on any atom is 0.160 e. The first-order valence-electron chi connectivity index (χ1n) is 21.6. The average Bonchev–Trinajstić information content (AvgIpc) is 3.38. The molecule has 0 aliphatic carbocycles. The molecule has 64 heavy (non-hydrogen) atoms. The second kappa shape index (κ2) is 15.7. The lowest BCUT2D eigenvalue weighted by atomic mass is 9.98. The van der Waals surface area contributed by atoms with Gasteiger partial charge in [-0.1, -0.05) is 206 Å². The predicted octanol–water partition coefficient (Wildman–Crippen LogP) is 15.5. The highest BCUT2D eigenvalue weighted by Gasteiger charge is 2.16. The van der Waals surface area contributed by atoms with Crippen LogP contribution in [0.5, 0.6) is 0 Å². The Morgan fingerprint density at radius 1 is 0.203 bits per heavy atom. The van der Waals surface area contributed by atoms with Gasteiger partial charge in [0.1, 0.15) is 0 Å². The van der Waals surface area contributed by atoms with Crippen molar-refractivity contribution in [1.29, 1.82) is 0 Å². The van der Waals surface area contributed by atoms with Crippen LogP contribution in [0.3, 0.4) is 0 Å². The molecule has 0 unspecified atom stereocenters. The van der Waals surface area contributed by atoms with E-state index in [-0.39, 0.29) is 0 Å². The van der Waals surface area contributed by atoms with Crippen LogP contribution in [0.2, 0.25) is 0 Å². The molecule has 0 atom stereocenters. The molecule has 2 heterocycles. The van der Waals surface area contributed by atoms with Crippen molar-refractivity contribution in [2.45, 2.75) is 0 Å². The molecule has 0 N–H and O–H groups in total. The van der Waals surface area contributed by atoms with Crippen molar-refractivity contribution in [3.8, 4) is 78.9 Å². The highest BCUT2D eigenvalue weighted by atomic mass is 14.9. The zero-order valence-electron chi connectivity index (χ0n) is 34.7. The zero-order valence-corrected chi connectivity index (χ0v) is 34.7. The maximum absolute atomic E-state index is 5.20. The summed E-state index contributed by atoms with van der Waals surface area (Å²) in [7, 11) is 0. The third-order valence-electron chi connectivity index (χ3n) is 12.3. The second-order valence-corrected chi connectivity index (χ2v) is 16.3. The van der Waals surface area contributed by atoms with Gasteiger partial charge in [0.25, 0.3) is 0 Å². The van der Waals surface area contributed by atoms with Crippen molar-refractivity contribution in [2.24, 2.45) is 0 Å². The van der Waals surface area contributed by atoms with Crippen LogP contribution in [0, 0.1) is 0 Å². The molecule has 4 nitrogen and oxygen atoms in total. The van der Waals surface area contributed by atoms with E-state index in [0.717, 1.165) is 88.8 Å². The highest BCUT2D eigenvalue weighted by molar-refractivity contribution is 5.98. The van der Waals surface area contributed by atoms with Gasteiger partial charge in [0.2, 0.25) is 0 Å². The molecule has 4 heteroatoms. The van der Waals surface area contributed by atoms with E-state index in [1.54, 1.807) is 0 Å². The van der Waals surface area contributed by atoms with Gasteiger partial charge in [-0.05, 0) is 78.5 Å². The Morgan fingerprint density at radius 2 is 0.531 bits per heavy atom. The number of hydrogen-bond donors (Lipinski definition) is 0. The van der Waals surface area contributed by atoms with E-state index in [4.69, 9.17) is 19.9 Å². The minimum absolute atomic E-state index is 0.697. The van der Waals surface area contributed by atoms with Crippen molar-refractivity contribution < 1.29 is 0 Å². The van der Waals surface area contributed by atoms with Gasteiger partial charge in [-0.15, -0.1) is 0 Å². The summed E-state index contributed by atoms with van der Waals surface area (Å²) in [6, 6.07) is 81.2. The van der Waals surface area contributed by atoms with Gasteiger partial charge in [0, 0.05) is 33.4 Å². The normalized spacial score (nSPS) is 11.4. The molecule has 0 radical (unpaired) electrons. The Bertz CT molecular complexity index is 3470. The summed E-state index contributed by atoms with van der Waals surface area (Å²) in [6.07, 6.45) is 0. The van der Waals surface area contributed by atoms with Crippen molar-refractivity contribution in [3.63, 3.8) is 0 Å². The van der Waals surface area contributed by atoms with Crippen molar-refractivity contribution in [2.75, 3.05) is 0 Å². The Balaban J connectivity index is 0.910. The minimum atomic E-state index is 0.697. The molecule has 0 saturated carbocycles. The molecule has 2 aromatic heterocycles. The molecule has 0 spiro atoms. The monoisotopic (exact) mass is 814 g/mol. The lowest BCUT2D eigenvalue weighted by Gasteiger charge is -2.13. The summed E-state index contributed by atoms with van der Waals surface area (Å²) < 4.78 is 0. The Labute approximate surface area is 370 Å². The fraction of sp³-hybridized carbons (Fsp3) is 0. The fourth-order valence-electron chi connectivity index (χ4n) is 8.95. The third kappa shape index (κ3) is 6.94. The summed E-state index contributed by atoms with van der Waals surface area (Å²) in [5, 5.41) is 9.38. The van der Waals surface area contributed by atoms with Crippen molar-refractivity contribution >= 4 is 43.1 Å². The third-order valence-corrected chi connectivity index (χ3v) is 12.3. The number of nitrogens with zero attached hydrogens (tertiary/aromatic N) is 4. The van der Waals surface area contributed by atoms with E-state index in [9.17, 15) is 0 Å². The van der Waals surface area contributed by atoms with Gasteiger partial charge in [-0.2, -0.15) is 0 Å². The molecular weight excluding hydrogens is 777 g/mol. The van der Waals surface area contributed by atoms with E-state index in [1.807, 2.05) is 0 Å². The number of aromatic nitrogens is 4. The molecule has 10 aromatic carbocycles. The fourth-order valence-corrected chi connectivity index (χ4v) is 8.95. The molecule has 0 bridgehead atoms. The molecule has 0 saturated heterocycles. The lowest BCUT2D eigenvalue weighted by molar-refractivity contribution is 1.19. The first kappa shape index (κ1) is 37.2. The topological polar surface area (TPSA) is 51.6 Å². The molecule has 0 amide bonds. The van der Waals surface area contributed by atoms with Crippen LogP contribution in [-0.2, 0) is 0 Å². The van der Waals surface area contributed by atoms with Gasteiger partial charge < -0.3 is 0 Å². The predicted molar refractivity (Wildman–Crippen MR) is 266 cm³/mol. The van der Waals surface area contributed by atoms with E-state index >= 15 is 0 Å². The summed E-state index contributed by atoms with van der Waals surface area (Å²) in [5.74, 6) is 1.39. The van der Waals surface area contributed by atoms with Crippen LogP contribution in [-0.4, -0.2) is 19.9 Å². The molecule has 12 rings (SSSR count). The first-order valence-corrected chi connectivity index (χ1v) is 21.6. The molecule has 298 valence electrons. The summed E-state index contributed by atoms with van der Waals surface area (Å²) in [4.78, 5) is 20.8. The number of fused-ring (bicyclic) bond motifs is 4. The average molecular weight is 815 g/mol. The van der Waals surface area contributed by atoms with Crippen LogP contribution >= 0.6 is 0 Å². The van der Waals surface area contributed by atoms with Crippen LogP contribution in [0.25, 0.3) is 122 Å². The number of benzene rings is 10. The maximum atomic E-state index is 5.20. The number of hydrogen-bond acceptors (Lipinski definition) is 4. The molecule has 0 aliphatic heterocycles. The van der Waals surface area contributed by atoms with Crippen LogP contribution in [0.4, 0.5) is 0 Å². The summed E-state index contributed by atoms with van der Waals surface area (Å²) in [6.45, 7) is 0. The Hall–Kier alpha value is -8.60. The van der Waals surface area contributed by atoms with Crippen LogP contribution in [0.1, 0.15) is 0 Å². The van der Waals surface area contributed by atoms with E-state index < -0.39 is 0 Å². The molecular formula is C60H38N4. The Kier molecular flexibility index (Phi) is 9.12. The summed E-state index contributed by atoms with van der Waals surface area (Å²) >= 11 is 0. The van der Waals surface area contributed by atoms with Gasteiger partial charge in [-0.3, -0.25) is 0 Å². The van der Waals surface area contributed by atoms with Crippen LogP contribution in [0.15, 0.2) is 231 Å². The second-order valence-electron chi connectivity index (χ2n) is 16.3. The van der Waals surface area contributed by atoms with E-state index in [0.29, 0.717) is 11.6 Å². The first-order chi connectivity index (χ1) is 31.7. The smallest absolute Gasteiger partial charge is 0.160 e.